The maximum Gasteiger partial charge on any atom is 0.242 e. The average Bonchev–Trinajstić information content (AvgIpc) is 3.49. The Morgan fingerprint density at radius 1 is 1.23 bits per heavy atom. The van der Waals surface area contributed by atoms with Crippen LogP contribution in [0.5, 0.6) is 0 Å². The Balaban J connectivity index is 1.53. The van der Waals surface area contributed by atoms with Gasteiger partial charge in [0.25, 0.3) is 0 Å². The predicted octanol–water partition coefficient (Wildman–Crippen LogP) is 3.71. The van der Waals surface area contributed by atoms with Crippen LogP contribution in [0, 0.1) is 6.92 Å². The molecule has 0 spiro atoms. The van der Waals surface area contributed by atoms with E-state index < -0.39 is 10.0 Å². The van der Waals surface area contributed by atoms with Gasteiger partial charge >= 0.3 is 0 Å². The molecular formula is C22H30N4O3S2. The van der Waals surface area contributed by atoms with Gasteiger partial charge in [-0.1, -0.05) is 11.6 Å². The molecule has 1 fully saturated rings. The molecular weight excluding hydrogens is 432 g/mol. The maximum absolute atomic E-state index is 13.0. The number of rotatable bonds is 8. The SMILES string of the molecule is Cc1csc(-c2cc(S(=O)(=O)NCCC3=CCCCC3)cn2CC(=O)N2CCCC2)n1. The largest absolute Gasteiger partial charge is 0.341 e. The summed E-state index contributed by atoms with van der Waals surface area (Å²) in [5.41, 5.74) is 2.88. The molecule has 31 heavy (non-hydrogen) atoms. The summed E-state index contributed by atoms with van der Waals surface area (Å²) >= 11 is 1.46. The second-order valence-electron chi connectivity index (χ2n) is 8.33. The van der Waals surface area contributed by atoms with E-state index >= 15 is 0 Å². The zero-order valence-corrected chi connectivity index (χ0v) is 19.6. The molecule has 1 aliphatic heterocycles. The van der Waals surface area contributed by atoms with Crippen LogP contribution in [-0.4, -0.2) is 48.4 Å². The normalized spacial score (nSPS) is 17.2. The van der Waals surface area contributed by atoms with Crippen LogP contribution >= 0.6 is 11.3 Å². The van der Waals surface area contributed by atoms with E-state index in [1.807, 2.05) is 17.2 Å². The van der Waals surface area contributed by atoms with Crippen LogP contribution in [0.25, 0.3) is 10.7 Å². The van der Waals surface area contributed by atoms with Crippen LogP contribution in [-0.2, 0) is 21.4 Å². The number of hydrogen-bond donors (Lipinski definition) is 1. The predicted molar refractivity (Wildman–Crippen MR) is 122 cm³/mol. The Labute approximate surface area is 188 Å². The van der Waals surface area contributed by atoms with Crippen molar-refractivity contribution >= 4 is 27.3 Å². The first-order valence-electron chi connectivity index (χ1n) is 11.0. The van der Waals surface area contributed by atoms with Gasteiger partial charge in [-0.05, 0) is 57.9 Å². The monoisotopic (exact) mass is 462 g/mol. The highest BCUT2D eigenvalue weighted by molar-refractivity contribution is 7.89. The molecule has 2 aromatic heterocycles. The van der Waals surface area contributed by atoms with Crippen molar-refractivity contribution in [1.29, 1.82) is 0 Å². The summed E-state index contributed by atoms with van der Waals surface area (Å²) in [6.07, 6.45) is 11.2. The first kappa shape index (κ1) is 22.2. The zero-order valence-electron chi connectivity index (χ0n) is 18.0. The third-order valence-corrected chi connectivity index (χ3v) is 8.32. The molecule has 1 aliphatic carbocycles. The average molecular weight is 463 g/mol. The summed E-state index contributed by atoms with van der Waals surface area (Å²) < 4.78 is 30.4. The fraction of sp³-hybridized carbons (Fsp3) is 0.545. The molecule has 168 valence electrons. The van der Waals surface area contributed by atoms with Crippen LogP contribution < -0.4 is 4.72 Å². The number of carbonyl (C=O) groups is 1. The number of nitrogens with zero attached hydrogens (tertiary/aromatic N) is 3. The lowest BCUT2D eigenvalue weighted by atomic mass is 9.97. The van der Waals surface area contributed by atoms with Gasteiger partial charge in [-0.3, -0.25) is 4.79 Å². The van der Waals surface area contributed by atoms with E-state index in [1.54, 1.807) is 16.8 Å². The van der Waals surface area contributed by atoms with Crippen molar-refractivity contribution in [2.45, 2.75) is 63.3 Å². The number of nitrogens with one attached hydrogen (secondary N) is 1. The molecule has 2 aromatic rings. The smallest absolute Gasteiger partial charge is 0.242 e. The van der Waals surface area contributed by atoms with Crippen molar-refractivity contribution in [2.24, 2.45) is 0 Å². The molecule has 2 aliphatic rings. The summed E-state index contributed by atoms with van der Waals surface area (Å²) in [5.74, 6) is 0.0174. The molecule has 7 nitrogen and oxygen atoms in total. The van der Waals surface area contributed by atoms with Gasteiger partial charge in [-0.2, -0.15) is 0 Å². The summed E-state index contributed by atoms with van der Waals surface area (Å²) in [7, 11) is -3.66. The number of allylic oxidation sites excluding steroid dienone is 1. The Morgan fingerprint density at radius 3 is 2.71 bits per heavy atom. The maximum atomic E-state index is 13.0. The molecule has 0 aromatic carbocycles. The fourth-order valence-electron chi connectivity index (χ4n) is 4.19. The first-order chi connectivity index (χ1) is 14.9. The molecule has 0 bridgehead atoms. The van der Waals surface area contributed by atoms with E-state index in [4.69, 9.17) is 0 Å². The molecule has 4 rings (SSSR count). The first-order valence-corrected chi connectivity index (χ1v) is 13.4. The van der Waals surface area contributed by atoms with Gasteiger partial charge in [0.1, 0.15) is 16.4 Å². The van der Waals surface area contributed by atoms with E-state index in [0.29, 0.717) is 12.2 Å². The number of sulfonamides is 1. The van der Waals surface area contributed by atoms with Gasteiger partial charge in [0, 0.05) is 36.9 Å². The van der Waals surface area contributed by atoms with Gasteiger partial charge < -0.3 is 9.47 Å². The second-order valence-corrected chi connectivity index (χ2v) is 11.0. The quantitative estimate of drug-likeness (QED) is 0.606. The molecule has 0 radical (unpaired) electrons. The van der Waals surface area contributed by atoms with Crippen molar-refractivity contribution in [3.63, 3.8) is 0 Å². The summed E-state index contributed by atoms with van der Waals surface area (Å²) in [6, 6.07) is 1.64. The highest BCUT2D eigenvalue weighted by Gasteiger charge is 2.24. The van der Waals surface area contributed by atoms with Crippen LogP contribution in [0.3, 0.4) is 0 Å². The van der Waals surface area contributed by atoms with Crippen molar-refractivity contribution in [3.8, 4) is 10.7 Å². The summed E-state index contributed by atoms with van der Waals surface area (Å²) in [5, 5.41) is 2.65. The van der Waals surface area contributed by atoms with Crippen LogP contribution in [0.1, 0.15) is 50.6 Å². The van der Waals surface area contributed by atoms with Crippen LogP contribution in [0.15, 0.2) is 34.2 Å². The number of amides is 1. The summed E-state index contributed by atoms with van der Waals surface area (Å²) in [6.45, 7) is 3.96. The molecule has 3 heterocycles. The number of likely N-dealkylation sites (tertiary alicyclic amines) is 1. The highest BCUT2D eigenvalue weighted by Crippen LogP contribution is 2.28. The van der Waals surface area contributed by atoms with Crippen molar-refractivity contribution in [3.05, 3.63) is 35.0 Å². The van der Waals surface area contributed by atoms with E-state index in [1.165, 1.54) is 29.8 Å². The van der Waals surface area contributed by atoms with E-state index in [2.05, 4.69) is 15.8 Å². The van der Waals surface area contributed by atoms with E-state index in [9.17, 15) is 13.2 Å². The zero-order chi connectivity index (χ0) is 21.8. The number of hydrogen-bond acceptors (Lipinski definition) is 5. The van der Waals surface area contributed by atoms with Crippen molar-refractivity contribution < 1.29 is 13.2 Å². The molecule has 0 unspecified atom stereocenters. The van der Waals surface area contributed by atoms with Gasteiger partial charge in [-0.15, -0.1) is 11.3 Å². The van der Waals surface area contributed by atoms with Gasteiger partial charge in [0.2, 0.25) is 15.9 Å². The molecule has 1 amide bonds. The minimum atomic E-state index is -3.66. The Hall–Kier alpha value is -1.97. The second kappa shape index (κ2) is 9.67. The van der Waals surface area contributed by atoms with E-state index in [-0.39, 0.29) is 17.3 Å². The lowest BCUT2D eigenvalue weighted by Crippen LogP contribution is -2.31. The molecule has 9 heteroatoms. The van der Waals surface area contributed by atoms with Crippen molar-refractivity contribution in [1.82, 2.24) is 19.2 Å². The lowest BCUT2D eigenvalue weighted by Gasteiger charge is -2.16. The Morgan fingerprint density at radius 2 is 2.03 bits per heavy atom. The van der Waals surface area contributed by atoms with Gasteiger partial charge in [-0.25, -0.2) is 18.1 Å². The number of carbonyl (C=O) groups excluding carboxylic acids is 1. The Kier molecular flexibility index (Phi) is 6.93. The third kappa shape index (κ3) is 5.45. The minimum Gasteiger partial charge on any atom is -0.341 e. The van der Waals surface area contributed by atoms with Gasteiger partial charge in [0.15, 0.2) is 0 Å². The molecule has 1 N–H and O–H groups in total. The fourth-order valence-corrected chi connectivity index (χ4v) is 6.08. The number of aromatic nitrogens is 2. The molecule has 1 saturated heterocycles. The van der Waals surface area contributed by atoms with E-state index in [0.717, 1.165) is 55.9 Å². The molecule has 0 atom stereocenters. The summed E-state index contributed by atoms with van der Waals surface area (Å²) in [4.78, 5) is 19.3. The Bertz CT molecular complexity index is 1060. The van der Waals surface area contributed by atoms with Gasteiger partial charge in [0.05, 0.1) is 5.69 Å². The standard InChI is InChI=1S/C22H30N4O3S2/c1-17-16-30-22(24-17)20-13-19(14-26(20)15-21(27)25-11-5-6-12-25)31(28,29)23-10-9-18-7-3-2-4-8-18/h7,13-14,16,23H,2-6,8-12,15H2,1H3. The number of aryl methyl sites for hydroxylation is 1. The third-order valence-electron chi connectivity index (χ3n) is 5.91. The van der Waals surface area contributed by atoms with Crippen LogP contribution in [0.2, 0.25) is 0 Å². The van der Waals surface area contributed by atoms with Crippen molar-refractivity contribution in [2.75, 3.05) is 19.6 Å². The van der Waals surface area contributed by atoms with Crippen LogP contribution in [0.4, 0.5) is 0 Å². The lowest BCUT2D eigenvalue weighted by molar-refractivity contribution is -0.130. The topological polar surface area (TPSA) is 84.3 Å². The molecule has 0 saturated carbocycles. The minimum absolute atomic E-state index is 0.0174. The number of thiazole rings is 1. The highest BCUT2D eigenvalue weighted by atomic mass is 32.2.